The van der Waals surface area contributed by atoms with Crippen molar-refractivity contribution in [2.75, 3.05) is 31.6 Å². The topological polar surface area (TPSA) is 52.6 Å². The van der Waals surface area contributed by atoms with Gasteiger partial charge in [-0.05, 0) is 50.0 Å². The van der Waals surface area contributed by atoms with Crippen LogP contribution in [0.15, 0.2) is 24.3 Å². The number of amides is 1. The Labute approximate surface area is 108 Å². The molecule has 98 valence electrons. The van der Waals surface area contributed by atoms with Gasteiger partial charge in [-0.3, -0.25) is 4.79 Å². The summed E-state index contributed by atoms with van der Waals surface area (Å²) in [4.78, 5) is 13.6. The third kappa shape index (κ3) is 3.82. The van der Waals surface area contributed by atoms with E-state index >= 15 is 0 Å². The van der Waals surface area contributed by atoms with Crippen LogP contribution in [-0.4, -0.2) is 42.2 Å². The zero-order valence-corrected chi connectivity index (χ0v) is 10.6. The minimum Gasteiger partial charge on any atom is -0.387 e. The van der Waals surface area contributed by atoms with Crippen LogP contribution in [0.4, 0.5) is 5.69 Å². The molecule has 0 unspecified atom stereocenters. The number of carbonyl (C=O) groups excluding carboxylic acids is 1. The first kappa shape index (κ1) is 13.1. The minimum atomic E-state index is -0.474. The van der Waals surface area contributed by atoms with Crippen LogP contribution >= 0.6 is 0 Å². The second kappa shape index (κ2) is 6.52. The summed E-state index contributed by atoms with van der Waals surface area (Å²) in [6.45, 7) is 3.03. The Hall–Kier alpha value is -1.39. The van der Waals surface area contributed by atoms with Gasteiger partial charge in [-0.15, -0.1) is 0 Å². The second-order valence-corrected chi connectivity index (χ2v) is 4.71. The van der Waals surface area contributed by atoms with E-state index in [0.717, 1.165) is 18.7 Å². The summed E-state index contributed by atoms with van der Waals surface area (Å²) in [5, 5.41) is 11.4. The molecule has 1 heterocycles. The monoisotopic (exact) mass is 248 g/mol. The van der Waals surface area contributed by atoms with E-state index in [9.17, 15) is 4.79 Å². The molecule has 2 rings (SSSR count). The highest BCUT2D eigenvalue weighted by Crippen LogP contribution is 2.13. The predicted octanol–water partition coefficient (Wildman–Crippen LogP) is 1.26. The Bertz CT molecular complexity index is 401. The van der Waals surface area contributed by atoms with Crippen LogP contribution < -0.4 is 5.32 Å². The SMILES string of the molecule is O=C(CO)Nc1cccc(CCN2CCCC2)c1. The van der Waals surface area contributed by atoms with Crippen molar-refractivity contribution in [1.82, 2.24) is 4.90 Å². The Kier molecular flexibility index (Phi) is 4.73. The Morgan fingerprint density at radius 1 is 1.33 bits per heavy atom. The molecule has 0 saturated carbocycles. The summed E-state index contributed by atoms with van der Waals surface area (Å²) in [6, 6.07) is 7.83. The number of anilines is 1. The van der Waals surface area contributed by atoms with Crippen molar-refractivity contribution in [2.45, 2.75) is 19.3 Å². The lowest BCUT2D eigenvalue weighted by atomic mass is 10.1. The van der Waals surface area contributed by atoms with Crippen LogP contribution in [-0.2, 0) is 11.2 Å². The average Bonchev–Trinajstić information content (AvgIpc) is 2.90. The number of rotatable bonds is 5. The van der Waals surface area contributed by atoms with E-state index in [2.05, 4.69) is 16.3 Å². The Balaban J connectivity index is 1.87. The molecule has 0 atom stereocenters. The minimum absolute atomic E-state index is 0.369. The number of aliphatic hydroxyl groups excluding tert-OH is 1. The summed E-state index contributed by atoms with van der Waals surface area (Å²) in [5.74, 6) is -0.369. The molecule has 1 aromatic carbocycles. The van der Waals surface area contributed by atoms with Crippen molar-refractivity contribution in [3.05, 3.63) is 29.8 Å². The van der Waals surface area contributed by atoms with Crippen molar-refractivity contribution < 1.29 is 9.90 Å². The highest BCUT2D eigenvalue weighted by atomic mass is 16.3. The molecule has 1 aliphatic heterocycles. The normalized spacial score (nSPS) is 15.8. The molecule has 2 N–H and O–H groups in total. The lowest BCUT2D eigenvalue weighted by molar-refractivity contribution is -0.118. The van der Waals surface area contributed by atoms with Gasteiger partial charge >= 0.3 is 0 Å². The summed E-state index contributed by atoms with van der Waals surface area (Å²) < 4.78 is 0. The number of hydrogen-bond donors (Lipinski definition) is 2. The molecule has 4 heteroatoms. The summed E-state index contributed by atoms with van der Waals surface area (Å²) >= 11 is 0. The average molecular weight is 248 g/mol. The molecule has 1 amide bonds. The summed E-state index contributed by atoms with van der Waals surface area (Å²) in [5.41, 5.74) is 1.98. The fourth-order valence-electron chi connectivity index (χ4n) is 2.30. The number of benzene rings is 1. The van der Waals surface area contributed by atoms with E-state index in [1.807, 2.05) is 18.2 Å². The van der Waals surface area contributed by atoms with E-state index < -0.39 is 6.61 Å². The van der Waals surface area contributed by atoms with Gasteiger partial charge in [-0.2, -0.15) is 0 Å². The van der Waals surface area contributed by atoms with Crippen LogP contribution in [0, 0.1) is 0 Å². The van der Waals surface area contributed by atoms with E-state index in [0.29, 0.717) is 0 Å². The molecule has 0 radical (unpaired) electrons. The second-order valence-electron chi connectivity index (χ2n) is 4.71. The van der Waals surface area contributed by atoms with Gasteiger partial charge in [0.1, 0.15) is 6.61 Å². The molecular formula is C14H20N2O2. The van der Waals surface area contributed by atoms with Gasteiger partial charge in [-0.25, -0.2) is 0 Å². The number of nitrogens with one attached hydrogen (secondary N) is 1. The molecule has 1 fully saturated rings. The van der Waals surface area contributed by atoms with Gasteiger partial charge in [0.2, 0.25) is 5.91 Å². The van der Waals surface area contributed by atoms with Crippen molar-refractivity contribution in [3.63, 3.8) is 0 Å². The van der Waals surface area contributed by atoms with Gasteiger partial charge < -0.3 is 15.3 Å². The van der Waals surface area contributed by atoms with Gasteiger partial charge in [0.15, 0.2) is 0 Å². The number of nitrogens with zero attached hydrogens (tertiary/aromatic N) is 1. The van der Waals surface area contributed by atoms with Crippen molar-refractivity contribution in [2.24, 2.45) is 0 Å². The van der Waals surface area contributed by atoms with Crippen LogP contribution in [0.5, 0.6) is 0 Å². The number of likely N-dealkylation sites (tertiary alicyclic amines) is 1. The molecule has 0 spiro atoms. The maximum atomic E-state index is 11.1. The number of hydrogen-bond acceptors (Lipinski definition) is 3. The zero-order valence-electron chi connectivity index (χ0n) is 10.6. The molecule has 0 aliphatic carbocycles. The van der Waals surface area contributed by atoms with Gasteiger partial charge in [-0.1, -0.05) is 12.1 Å². The predicted molar refractivity (Wildman–Crippen MR) is 71.5 cm³/mol. The van der Waals surface area contributed by atoms with Gasteiger partial charge in [0.25, 0.3) is 0 Å². The molecular weight excluding hydrogens is 228 g/mol. The van der Waals surface area contributed by atoms with Crippen LogP contribution in [0.1, 0.15) is 18.4 Å². The third-order valence-electron chi connectivity index (χ3n) is 3.27. The van der Waals surface area contributed by atoms with Crippen LogP contribution in [0.3, 0.4) is 0 Å². The fraction of sp³-hybridized carbons (Fsp3) is 0.500. The lowest BCUT2D eigenvalue weighted by Gasteiger charge is -2.14. The molecule has 0 aromatic heterocycles. The molecule has 1 saturated heterocycles. The van der Waals surface area contributed by atoms with Crippen molar-refractivity contribution in [1.29, 1.82) is 0 Å². The first-order valence-corrected chi connectivity index (χ1v) is 6.50. The quantitative estimate of drug-likeness (QED) is 0.824. The van der Waals surface area contributed by atoms with E-state index in [1.165, 1.54) is 31.5 Å². The van der Waals surface area contributed by atoms with Crippen LogP contribution in [0.25, 0.3) is 0 Å². The fourth-order valence-corrected chi connectivity index (χ4v) is 2.30. The third-order valence-corrected chi connectivity index (χ3v) is 3.27. The van der Waals surface area contributed by atoms with E-state index in [1.54, 1.807) is 0 Å². The zero-order chi connectivity index (χ0) is 12.8. The Morgan fingerprint density at radius 2 is 2.11 bits per heavy atom. The first-order valence-electron chi connectivity index (χ1n) is 6.50. The molecule has 4 nitrogen and oxygen atoms in total. The highest BCUT2D eigenvalue weighted by molar-refractivity contribution is 5.91. The maximum Gasteiger partial charge on any atom is 0.250 e. The molecule has 1 aromatic rings. The van der Waals surface area contributed by atoms with E-state index in [-0.39, 0.29) is 5.91 Å². The van der Waals surface area contributed by atoms with Crippen molar-refractivity contribution in [3.8, 4) is 0 Å². The maximum absolute atomic E-state index is 11.1. The molecule has 18 heavy (non-hydrogen) atoms. The first-order chi connectivity index (χ1) is 8.78. The summed E-state index contributed by atoms with van der Waals surface area (Å²) in [6.07, 6.45) is 3.63. The standard InChI is InChI=1S/C14H20N2O2/c17-11-14(18)15-13-5-3-4-12(10-13)6-9-16-7-1-2-8-16/h3-5,10,17H,1-2,6-9,11H2,(H,15,18). The van der Waals surface area contributed by atoms with Crippen molar-refractivity contribution >= 4 is 11.6 Å². The van der Waals surface area contributed by atoms with Gasteiger partial charge in [0, 0.05) is 12.2 Å². The number of aliphatic hydroxyl groups is 1. The van der Waals surface area contributed by atoms with Crippen LogP contribution in [0.2, 0.25) is 0 Å². The molecule has 1 aliphatic rings. The Morgan fingerprint density at radius 3 is 2.83 bits per heavy atom. The lowest BCUT2D eigenvalue weighted by Crippen LogP contribution is -2.22. The summed E-state index contributed by atoms with van der Waals surface area (Å²) in [7, 11) is 0. The van der Waals surface area contributed by atoms with E-state index in [4.69, 9.17) is 5.11 Å². The van der Waals surface area contributed by atoms with Gasteiger partial charge in [0.05, 0.1) is 0 Å². The highest BCUT2D eigenvalue weighted by Gasteiger charge is 2.10. The number of carbonyl (C=O) groups is 1. The largest absolute Gasteiger partial charge is 0.387 e. The molecule has 0 bridgehead atoms. The smallest absolute Gasteiger partial charge is 0.250 e.